The van der Waals surface area contributed by atoms with Gasteiger partial charge in [0.1, 0.15) is 5.39 Å². The molecule has 3 heterocycles. The lowest BCUT2D eigenvalue weighted by Crippen LogP contribution is -2.28. The van der Waals surface area contributed by atoms with Crippen LogP contribution in [0, 0.1) is 6.92 Å². The molecule has 2 aromatic carbocycles. The zero-order valence-electron chi connectivity index (χ0n) is 21.3. The number of carbonyl (C=O) groups is 1. The molecule has 212 valence electrons. The fourth-order valence-electron chi connectivity index (χ4n) is 3.77. The normalized spacial score (nSPS) is 11.5. The fourth-order valence-corrected chi connectivity index (χ4v) is 3.77. The van der Waals surface area contributed by atoms with Crippen molar-refractivity contribution < 1.29 is 36.9 Å². The Morgan fingerprint density at radius 3 is 2.46 bits per heavy atom. The van der Waals surface area contributed by atoms with E-state index in [1.807, 2.05) is 0 Å². The van der Waals surface area contributed by atoms with Gasteiger partial charge in [0.2, 0.25) is 17.7 Å². The van der Waals surface area contributed by atoms with Crippen LogP contribution in [0.25, 0.3) is 21.8 Å². The van der Waals surface area contributed by atoms with Crippen molar-refractivity contribution in [2.75, 3.05) is 19.5 Å². The van der Waals surface area contributed by atoms with Crippen molar-refractivity contribution in [2.24, 2.45) is 0 Å². The highest BCUT2D eigenvalue weighted by atomic mass is 19.4. The van der Waals surface area contributed by atoms with Gasteiger partial charge in [0.25, 0.3) is 5.56 Å². The Labute approximate surface area is 226 Å². The number of benzene rings is 2. The third-order valence-electron chi connectivity index (χ3n) is 5.58. The van der Waals surface area contributed by atoms with Crippen LogP contribution in [0.3, 0.4) is 0 Å². The van der Waals surface area contributed by atoms with Crippen LogP contribution >= 0.6 is 0 Å². The maximum absolute atomic E-state index is 13.1. The summed E-state index contributed by atoms with van der Waals surface area (Å²) in [6.45, 7) is 1.37. The molecule has 5 aromatic rings. The van der Waals surface area contributed by atoms with Crippen LogP contribution in [0.4, 0.5) is 25.1 Å². The minimum Gasteiger partial charge on any atom is -0.493 e. The van der Waals surface area contributed by atoms with Crippen molar-refractivity contribution in [1.29, 1.82) is 0 Å². The number of hydrogen-bond donors (Lipinski definition) is 3. The van der Waals surface area contributed by atoms with Crippen LogP contribution in [0.5, 0.6) is 23.0 Å². The summed E-state index contributed by atoms with van der Waals surface area (Å²) in [7, 11) is 2.97. The second-order valence-corrected chi connectivity index (χ2v) is 8.19. The molecule has 0 amide bonds. The first-order chi connectivity index (χ1) is 19.6. The predicted molar refractivity (Wildman–Crippen MR) is 133 cm³/mol. The lowest BCUT2D eigenvalue weighted by atomic mass is 10.1. The molecule has 0 unspecified atom stereocenters. The van der Waals surface area contributed by atoms with Gasteiger partial charge in [0.05, 0.1) is 30.9 Å². The van der Waals surface area contributed by atoms with Gasteiger partial charge in [-0.2, -0.15) is 18.4 Å². The number of esters is 1. The van der Waals surface area contributed by atoms with Crippen LogP contribution < -0.4 is 29.8 Å². The average molecular weight is 573 g/mol. The van der Waals surface area contributed by atoms with Gasteiger partial charge in [-0.15, -0.1) is 10.2 Å². The van der Waals surface area contributed by atoms with E-state index in [4.69, 9.17) is 14.2 Å². The van der Waals surface area contributed by atoms with E-state index < -0.39 is 28.8 Å². The summed E-state index contributed by atoms with van der Waals surface area (Å²) in [6, 6.07) is 5.82. The first kappa shape index (κ1) is 27.0. The number of halogens is 3. The Hall–Kier alpha value is -5.55. The number of ether oxygens (including phenoxy) is 4. The number of nitrogens with one attached hydrogen (secondary N) is 3. The van der Waals surface area contributed by atoms with E-state index in [-0.39, 0.29) is 35.6 Å². The molecule has 3 N–H and O–H groups in total. The van der Waals surface area contributed by atoms with E-state index in [9.17, 15) is 22.8 Å². The molecule has 0 aliphatic rings. The molecule has 0 radical (unpaired) electrons. The fraction of sp³-hybridized carbons (Fsp3) is 0.217. The molecule has 41 heavy (non-hydrogen) atoms. The van der Waals surface area contributed by atoms with Gasteiger partial charge in [-0.1, -0.05) is 5.21 Å². The number of aromatic amines is 2. The number of nitrogens with zero attached hydrogens (tertiary/aromatic N) is 6. The lowest BCUT2D eigenvalue weighted by Gasteiger charge is -2.14. The van der Waals surface area contributed by atoms with Crippen LogP contribution in [0.1, 0.15) is 11.5 Å². The van der Waals surface area contributed by atoms with Gasteiger partial charge < -0.3 is 18.9 Å². The molecular formula is C23H18F3N9O6. The van der Waals surface area contributed by atoms with E-state index in [2.05, 4.69) is 50.6 Å². The van der Waals surface area contributed by atoms with Crippen LogP contribution in [0.15, 0.2) is 29.1 Å². The van der Waals surface area contributed by atoms with E-state index in [0.29, 0.717) is 28.1 Å². The molecule has 0 spiro atoms. The Balaban J connectivity index is 1.54. The Morgan fingerprint density at radius 2 is 1.78 bits per heavy atom. The number of alkyl halides is 3. The highest BCUT2D eigenvalue weighted by Gasteiger charge is 2.42. The third kappa shape index (κ3) is 5.47. The Morgan fingerprint density at radius 1 is 1.02 bits per heavy atom. The number of carbonyl (C=O) groups excluding carboxylic acids is 1. The number of aryl methyl sites for hydroxylation is 1. The monoisotopic (exact) mass is 573 g/mol. The molecule has 15 nitrogen and oxygen atoms in total. The summed E-state index contributed by atoms with van der Waals surface area (Å²) in [4.78, 5) is 40.2. The van der Waals surface area contributed by atoms with Crippen molar-refractivity contribution in [3.05, 3.63) is 46.1 Å². The van der Waals surface area contributed by atoms with Gasteiger partial charge in [-0.3, -0.25) is 15.1 Å². The first-order valence-electron chi connectivity index (χ1n) is 11.5. The molecule has 0 bridgehead atoms. The largest absolute Gasteiger partial charge is 0.493 e. The van der Waals surface area contributed by atoms with Crippen LogP contribution in [-0.4, -0.2) is 66.9 Å². The summed E-state index contributed by atoms with van der Waals surface area (Å²) >= 11 is 0. The summed E-state index contributed by atoms with van der Waals surface area (Å²) < 4.78 is 59.7. The van der Waals surface area contributed by atoms with Gasteiger partial charge in [-0.25, -0.2) is 19.7 Å². The zero-order valence-corrected chi connectivity index (χ0v) is 21.3. The second-order valence-electron chi connectivity index (χ2n) is 8.19. The number of hydrogen-bond acceptors (Lipinski definition) is 13. The van der Waals surface area contributed by atoms with E-state index in [1.54, 1.807) is 19.1 Å². The van der Waals surface area contributed by atoms with Crippen LogP contribution in [0.2, 0.25) is 0 Å². The molecule has 0 fully saturated rings. The molecule has 0 aliphatic carbocycles. The quantitative estimate of drug-likeness (QED) is 0.181. The highest BCUT2D eigenvalue weighted by Crippen LogP contribution is 2.36. The van der Waals surface area contributed by atoms with Gasteiger partial charge in [0.15, 0.2) is 29.6 Å². The average Bonchev–Trinajstić information content (AvgIpc) is 3.45. The maximum atomic E-state index is 13.1. The summed E-state index contributed by atoms with van der Waals surface area (Å²) in [5.41, 5.74) is -0.0229. The zero-order chi connectivity index (χ0) is 29.3. The first-order valence-corrected chi connectivity index (χ1v) is 11.5. The van der Waals surface area contributed by atoms with Crippen LogP contribution in [-0.2, 0) is 11.4 Å². The van der Waals surface area contributed by atoms with E-state index in [1.165, 1.54) is 26.4 Å². The second kappa shape index (κ2) is 10.5. The molecule has 0 saturated heterocycles. The molecule has 0 saturated carbocycles. The summed E-state index contributed by atoms with van der Waals surface area (Å²) in [5.74, 6) is -2.87. The SMILES string of the molecule is COc1cc2nc(Nc3nc4ccc(OCc5nn[nH]n5)c(OC(=O)C(F)(F)F)c4c(=O)[nH]3)nc(C)c2cc1OC. The van der Waals surface area contributed by atoms with Crippen molar-refractivity contribution >= 4 is 39.7 Å². The Kier molecular flexibility index (Phi) is 6.96. The van der Waals surface area contributed by atoms with Crippen molar-refractivity contribution in [1.82, 2.24) is 40.6 Å². The minimum atomic E-state index is -5.35. The molecular weight excluding hydrogens is 555 g/mol. The van der Waals surface area contributed by atoms with Gasteiger partial charge >= 0.3 is 12.1 Å². The highest BCUT2D eigenvalue weighted by molar-refractivity contribution is 5.91. The minimum absolute atomic E-state index is 0.0477. The predicted octanol–water partition coefficient (Wildman–Crippen LogP) is 2.50. The molecule has 5 rings (SSSR count). The molecule has 0 atom stereocenters. The smallest absolute Gasteiger partial charge is 0.491 e. The van der Waals surface area contributed by atoms with Crippen molar-refractivity contribution in [3.63, 3.8) is 0 Å². The molecule has 0 aliphatic heterocycles. The summed E-state index contributed by atoms with van der Waals surface area (Å²) in [6.07, 6.45) is -5.35. The Bertz CT molecular complexity index is 1830. The number of aromatic nitrogens is 8. The summed E-state index contributed by atoms with van der Waals surface area (Å²) in [5, 5.41) is 15.8. The number of H-pyrrole nitrogens is 2. The lowest BCUT2D eigenvalue weighted by molar-refractivity contribution is -0.189. The maximum Gasteiger partial charge on any atom is 0.491 e. The van der Waals surface area contributed by atoms with E-state index in [0.717, 1.165) is 0 Å². The van der Waals surface area contributed by atoms with Gasteiger partial charge in [-0.05, 0) is 25.1 Å². The van der Waals surface area contributed by atoms with Crippen molar-refractivity contribution in [3.8, 4) is 23.0 Å². The number of anilines is 2. The number of fused-ring (bicyclic) bond motifs is 2. The number of methoxy groups -OCH3 is 2. The third-order valence-corrected chi connectivity index (χ3v) is 5.58. The number of tetrazole rings is 1. The topological polar surface area (TPSA) is 192 Å². The van der Waals surface area contributed by atoms with Gasteiger partial charge in [0, 0.05) is 11.5 Å². The molecule has 3 aromatic heterocycles. The van der Waals surface area contributed by atoms with Crippen molar-refractivity contribution in [2.45, 2.75) is 19.7 Å². The standard InChI is InChI=1S/C23H18F3N9O6/c1-9-10-6-14(38-2)15(39-3)7-12(10)29-21(27-9)31-22-28-11-4-5-13(40-8-16-32-34-35-33-16)18(17(11)19(36)30-22)41-20(37)23(24,25)26/h4-7H,8H2,1-3H3,(H,32,33,34,35)(H2,27,28,29,30,31,36). The number of rotatable bonds is 8. The molecule has 18 heteroatoms. The van der Waals surface area contributed by atoms with E-state index >= 15 is 0 Å².